The molecule has 7 heteroatoms. The van der Waals surface area contributed by atoms with Crippen molar-refractivity contribution < 1.29 is 17.9 Å². The van der Waals surface area contributed by atoms with E-state index >= 15 is 0 Å². The van der Waals surface area contributed by atoms with Gasteiger partial charge >= 0.3 is 0 Å². The van der Waals surface area contributed by atoms with Crippen LogP contribution in [0.15, 0.2) is 42.5 Å². The Balaban J connectivity index is 2.10. The van der Waals surface area contributed by atoms with E-state index < -0.39 is 10.0 Å². The molecule has 0 aliphatic rings. The lowest BCUT2D eigenvalue weighted by Crippen LogP contribution is -2.36. The molecule has 2 aromatic carbocycles. The molecule has 1 amide bonds. The second kappa shape index (κ2) is 8.33. The molecule has 1 N–H and O–H groups in total. The van der Waals surface area contributed by atoms with E-state index in [1.807, 2.05) is 32.0 Å². The number of aryl methyl sites for hydroxylation is 2. The molecule has 0 saturated carbocycles. The molecule has 140 valence electrons. The predicted molar refractivity (Wildman–Crippen MR) is 103 cm³/mol. The van der Waals surface area contributed by atoms with Crippen LogP contribution in [0.25, 0.3) is 0 Å². The number of carbonyl (C=O) groups excluding carboxylic acids is 1. The van der Waals surface area contributed by atoms with Gasteiger partial charge in [0.2, 0.25) is 15.9 Å². The highest BCUT2D eigenvalue weighted by atomic mass is 32.2. The minimum absolute atomic E-state index is 0.114. The molecule has 0 bridgehead atoms. The number of rotatable bonds is 7. The Labute approximate surface area is 154 Å². The van der Waals surface area contributed by atoms with Crippen LogP contribution in [-0.4, -0.2) is 38.5 Å². The van der Waals surface area contributed by atoms with Crippen molar-refractivity contribution in [3.8, 4) is 5.75 Å². The van der Waals surface area contributed by atoms with Crippen LogP contribution in [0.4, 0.5) is 5.69 Å². The van der Waals surface area contributed by atoms with Gasteiger partial charge < -0.3 is 10.1 Å². The quantitative estimate of drug-likeness (QED) is 0.806. The monoisotopic (exact) mass is 376 g/mol. The molecule has 2 rings (SSSR count). The second-order valence-electron chi connectivity index (χ2n) is 6.30. The average Bonchev–Trinajstić information content (AvgIpc) is 2.53. The number of benzene rings is 2. The van der Waals surface area contributed by atoms with Crippen LogP contribution in [-0.2, 0) is 21.4 Å². The first kappa shape index (κ1) is 19.9. The summed E-state index contributed by atoms with van der Waals surface area (Å²) in [5, 5.41) is 2.77. The fraction of sp³-hybridized carbons (Fsp3) is 0.316. The third kappa shape index (κ3) is 5.86. The van der Waals surface area contributed by atoms with Gasteiger partial charge in [0, 0.05) is 12.2 Å². The Hall–Kier alpha value is -2.38. The van der Waals surface area contributed by atoms with Crippen LogP contribution >= 0.6 is 0 Å². The summed E-state index contributed by atoms with van der Waals surface area (Å²) in [5.41, 5.74) is 3.48. The van der Waals surface area contributed by atoms with Crippen LogP contribution < -0.4 is 10.1 Å². The Bertz CT molecular complexity index is 857. The van der Waals surface area contributed by atoms with Crippen molar-refractivity contribution in [2.75, 3.05) is 25.2 Å². The third-order valence-electron chi connectivity index (χ3n) is 3.81. The maximum atomic E-state index is 12.3. The van der Waals surface area contributed by atoms with Gasteiger partial charge in [-0.2, -0.15) is 4.31 Å². The third-order valence-corrected chi connectivity index (χ3v) is 5.01. The Morgan fingerprint density at radius 1 is 1.08 bits per heavy atom. The van der Waals surface area contributed by atoms with Gasteiger partial charge in [-0.25, -0.2) is 8.42 Å². The summed E-state index contributed by atoms with van der Waals surface area (Å²) in [6, 6.07) is 12.8. The van der Waals surface area contributed by atoms with Gasteiger partial charge in [-0.15, -0.1) is 0 Å². The molecule has 0 saturated heterocycles. The smallest absolute Gasteiger partial charge is 0.239 e. The zero-order chi connectivity index (χ0) is 19.3. The molecule has 0 aromatic heterocycles. The number of nitrogens with zero attached hydrogens (tertiary/aromatic N) is 1. The van der Waals surface area contributed by atoms with E-state index in [9.17, 15) is 13.2 Å². The summed E-state index contributed by atoms with van der Waals surface area (Å²) in [5.74, 6) is 0.307. The molecule has 0 fully saturated rings. The van der Waals surface area contributed by atoms with Crippen LogP contribution in [0.1, 0.15) is 16.7 Å². The molecule has 6 nitrogen and oxygen atoms in total. The molecule has 0 radical (unpaired) electrons. The summed E-state index contributed by atoms with van der Waals surface area (Å²) in [4.78, 5) is 12.3. The number of methoxy groups -OCH3 is 1. The summed E-state index contributed by atoms with van der Waals surface area (Å²) in [6.45, 7) is 3.74. The van der Waals surface area contributed by atoms with Crippen LogP contribution in [0.2, 0.25) is 0 Å². The van der Waals surface area contributed by atoms with Crippen molar-refractivity contribution in [1.82, 2.24) is 4.31 Å². The van der Waals surface area contributed by atoms with Crippen molar-refractivity contribution >= 4 is 21.6 Å². The molecule has 0 unspecified atom stereocenters. The fourth-order valence-electron chi connectivity index (χ4n) is 2.63. The standard InChI is InChI=1S/C19H24N2O4S/c1-14-9-15(2)11-17(10-14)20-19(22)13-21(26(4,23)24)12-16-5-7-18(25-3)8-6-16/h5-11H,12-13H2,1-4H3,(H,20,22). The van der Waals surface area contributed by atoms with Gasteiger partial charge in [0.1, 0.15) is 5.75 Å². The fourth-order valence-corrected chi connectivity index (χ4v) is 3.37. The highest BCUT2D eigenvalue weighted by Crippen LogP contribution is 2.16. The van der Waals surface area contributed by atoms with Gasteiger partial charge in [0.05, 0.1) is 19.9 Å². The van der Waals surface area contributed by atoms with Crippen molar-refractivity contribution in [3.63, 3.8) is 0 Å². The number of sulfonamides is 1. The molecule has 0 heterocycles. The Morgan fingerprint density at radius 3 is 2.15 bits per heavy atom. The van der Waals surface area contributed by atoms with Gasteiger partial charge in [-0.3, -0.25) is 4.79 Å². The number of hydrogen-bond acceptors (Lipinski definition) is 4. The van der Waals surface area contributed by atoms with E-state index in [-0.39, 0.29) is 19.0 Å². The van der Waals surface area contributed by atoms with Crippen molar-refractivity contribution in [3.05, 3.63) is 59.2 Å². The maximum absolute atomic E-state index is 12.3. The lowest BCUT2D eigenvalue weighted by molar-refractivity contribution is -0.116. The molecule has 2 aromatic rings. The zero-order valence-electron chi connectivity index (χ0n) is 15.4. The minimum Gasteiger partial charge on any atom is -0.497 e. The first-order valence-electron chi connectivity index (χ1n) is 8.13. The van der Waals surface area contributed by atoms with Gasteiger partial charge in [0.15, 0.2) is 0 Å². The minimum atomic E-state index is -3.54. The van der Waals surface area contributed by atoms with E-state index in [1.54, 1.807) is 31.4 Å². The molecule has 0 atom stereocenters. The van der Waals surface area contributed by atoms with Gasteiger partial charge in [-0.1, -0.05) is 18.2 Å². The maximum Gasteiger partial charge on any atom is 0.239 e. The van der Waals surface area contributed by atoms with Crippen molar-refractivity contribution in [1.29, 1.82) is 0 Å². The van der Waals surface area contributed by atoms with E-state index in [2.05, 4.69) is 5.32 Å². The SMILES string of the molecule is COc1ccc(CN(CC(=O)Nc2cc(C)cc(C)c2)S(C)(=O)=O)cc1. The number of carbonyl (C=O) groups is 1. The van der Waals surface area contributed by atoms with Crippen LogP contribution in [0, 0.1) is 13.8 Å². The number of ether oxygens (including phenoxy) is 1. The van der Waals surface area contributed by atoms with Crippen molar-refractivity contribution in [2.45, 2.75) is 20.4 Å². The number of amides is 1. The molecule has 26 heavy (non-hydrogen) atoms. The molecular weight excluding hydrogens is 352 g/mol. The molecule has 0 aliphatic heterocycles. The van der Waals surface area contributed by atoms with E-state index in [1.165, 1.54) is 0 Å². The summed E-state index contributed by atoms with van der Waals surface area (Å²) in [6.07, 6.45) is 1.10. The topological polar surface area (TPSA) is 75.7 Å². The number of nitrogens with one attached hydrogen (secondary N) is 1. The normalized spacial score (nSPS) is 11.4. The van der Waals surface area contributed by atoms with E-state index in [0.29, 0.717) is 11.4 Å². The van der Waals surface area contributed by atoms with Crippen molar-refractivity contribution in [2.24, 2.45) is 0 Å². The van der Waals surface area contributed by atoms with Gasteiger partial charge in [0.25, 0.3) is 0 Å². The largest absolute Gasteiger partial charge is 0.497 e. The Kier molecular flexibility index (Phi) is 6.39. The second-order valence-corrected chi connectivity index (χ2v) is 8.29. The van der Waals surface area contributed by atoms with Gasteiger partial charge in [-0.05, 0) is 54.8 Å². The number of anilines is 1. The summed E-state index contributed by atoms with van der Waals surface area (Å²) >= 11 is 0. The predicted octanol–water partition coefficient (Wildman–Crippen LogP) is 2.71. The van der Waals surface area contributed by atoms with Crippen LogP contribution in [0.3, 0.4) is 0 Å². The first-order chi connectivity index (χ1) is 12.2. The molecular formula is C19H24N2O4S. The lowest BCUT2D eigenvalue weighted by Gasteiger charge is -2.20. The Morgan fingerprint density at radius 2 is 1.65 bits per heavy atom. The van der Waals surface area contributed by atoms with E-state index in [0.717, 1.165) is 27.3 Å². The summed E-state index contributed by atoms with van der Waals surface area (Å²) < 4.78 is 30.4. The zero-order valence-corrected chi connectivity index (χ0v) is 16.3. The first-order valence-corrected chi connectivity index (χ1v) is 9.98. The number of hydrogen-bond donors (Lipinski definition) is 1. The highest BCUT2D eigenvalue weighted by Gasteiger charge is 2.20. The molecule has 0 aliphatic carbocycles. The summed E-state index contributed by atoms with van der Waals surface area (Å²) in [7, 11) is -1.98. The lowest BCUT2D eigenvalue weighted by atomic mass is 10.1. The van der Waals surface area contributed by atoms with E-state index in [4.69, 9.17) is 4.74 Å². The molecule has 0 spiro atoms. The average molecular weight is 376 g/mol. The highest BCUT2D eigenvalue weighted by molar-refractivity contribution is 7.88. The van der Waals surface area contributed by atoms with Crippen LogP contribution in [0.5, 0.6) is 5.75 Å².